The van der Waals surface area contributed by atoms with Crippen LogP contribution in [0.4, 0.5) is 0 Å². The molecule has 0 spiro atoms. The largest absolute Gasteiger partial charge is 0.297 e. The standard InChI is InChI=1S/C9H14N2O/c1-4-9(12)8(3)11-6-5-7(2)10-11/h5-6,8H,4H2,1-3H3. The van der Waals surface area contributed by atoms with E-state index in [2.05, 4.69) is 5.10 Å². The molecule has 1 atom stereocenters. The maximum Gasteiger partial charge on any atom is 0.156 e. The first-order chi connectivity index (χ1) is 5.65. The van der Waals surface area contributed by atoms with E-state index in [9.17, 15) is 4.79 Å². The van der Waals surface area contributed by atoms with Crippen molar-refractivity contribution in [3.05, 3.63) is 18.0 Å². The molecule has 1 unspecified atom stereocenters. The van der Waals surface area contributed by atoms with Gasteiger partial charge in [0.2, 0.25) is 0 Å². The number of ketones is 1. The van der Waals surface area contributed by atoms with Crippen LogP contribution >= 0.6 is 0 Å². The van der Waals surface area contributed by atoms with Crippen LogP contribution in [-0.2, 0) is 4.79 Å². The van der Waals surface area contributed by atoms with Crippen LogP contribution in [0.1, 0.15) is 32.0 Å². The highest BCUT2D eigenvalue weighted by molar-refractivity contribution is 5.81. The van der Waals surface area contributed by atoms with E-state index in [1.165, 1.54) is 0 Å². The molecule has 3 nitrogen and oxygen atoms in total. The third kappa shape index (κ3) is 1.72. The Bertz CT molecular complexity index is 278. The number of rotatable bonds is 3. The zero-order valence-electron chi connectivity index (χ0n) is 7.74. The minimum Gasteiger partial charge on any atom is -0.297 e. The number of nitrogens with zero attached hydrogens (tertiary/aromatic N) is 2. The zero-order valence-corrected chi connectivity index (χ0v) is 7.74. The molecule has 0 saturated heterocycles. The molecular formula is C9H14N2O. The minimum atomic E-state index is -0.122. The van der Waals surface area contributed by atoms with Crippen LogP contribution in [0.3, 0.4) is 0 Å². The lowest BCUT2D eigenvalue weighted by molar-refractivity contribution is -0.121. The number of aromatic nitrogens is 2. The Morgan fingerprint density at radius 1 is 1.75 bits per heavy atom. The second-order valence-electron chi connectivity index (χ2n) is 2.93. The van der Waals surface area contributed by atoms with E-state index in [0.717, 1.165) is 5.69 Å². The number of hydrogen-bond donors (Lipinski definition) is 0. The molecule has 0 fully saturated rings. The Morgan fingerprint density at radius 3 is 2.83 bits per heavy atom. The Hall–Kier alpha value is -1.12. The van der Waals surface area contributed by atoms with Crippen molar-refractivity contribution in [1.82, 2.24) is 9.78 Å². The monoisotopic (exact) mass is 166 g/mol. The molecule has 0 aliphatic rings. The molecule has 12 heavy (non-hydrogen) atoms. The maximum atomic E-state index is 11.3. The summed E-state index contributed by atoms with van der Waals surface area (Å²) in [6.07, 6.45) is 2.41. The molecule has 3 heteroatoms. The van der Waals surface area contributed by atoms with Crippen LogP contribution in [0.2, 0.25) is 0 Å². The number of Topliss-reactive ketones (excluding diaryl/α,β-unsaturated/α-hetero) is 1. The number of carbonyl (C=O) groups is 1. The summed E-state index contributed by atoms with van der Waals surface area (Å²) in [6.45, 7) is 5.66. The summed E-state index contributed by atoms with van der Waals surface area (Å²) in [5.74, 6) is 0.220. The van der Waals surface area contributed by atoms with Gasteiger partial charge in [0.05, 0.1) is 5.69 Å². The normalized spacial score (nSPS) is 12.9. The summed E-state index contributed by atoms with van der Waals surface area (Å²) in [4.78, 5) is 11.3. The third-order valence-corrected chi connectivity index (χ3v) is 1.95. The lowest BCUT2D eigenvalue weighted by atomic mass is 10.2. The van der Waals surface area contributed by atoms with Gasteiger partial charge in [-0.15, -0.1) is 0 Å². The molecule has 0 aliphatic carbocycles. The molecule has 1 aromatic heterocycles. The molecule has 0 radical (unpaired) electrons. The summed E-state index contributed by atoms with van der Waals surface area (Å²) < 4.78 is 1.71. The smallest absolute Gasteiger partial charge is 0.156 e. The number of aryl methyl sites for hydroxylation is 1. The van der Waals surface area contributed by atoms with Gasteiger partial charge >= 0.3 is 0 Å². The van der Waals surface area contributed by atoms with E-state index >= 15 is 0 Å². The lowest BCUT2D eigenvalue weighted by Crippen LogP contribution is -2.15. The van der Waals surface area contributed by atoms with E-state index in [4.69, 9.17) is 0 Å². The summed E-state index contributed by atoms with van der Waals surface area (Å²) in [5, 5.41) is 4.18. The summed E-state index contributed by atoms with van der Waals surface area (Å²) in [5.41, 5.74) is 0.950. The fourth-order valence-electron chi connectivity index (χ4n) is 1.09. The summed E-state index contributed by atoms with van der Waals surface area (Å²) in [7, 11) is 0. The van der Waals surface area contributed by atoms with Crippen molar-refractivity contribution >= 4 is 5.78 Å². The highest BCUT2D eigenvalue weighted by Gasteiger charge is 2.12. The van der Waals surface area contributed by atoms with E-state index in [-0.39, 0.29) is 11.8 Å². The average Bonchev–Trinajstić information content (AvgIpc) is 2.49. The fourth-order valence-corrected chi connectivity index (χ4v) is 1.09. The maximum absolute atomic E-state index is 11.3. The van der Waals surface area contributed by atoms with Gasteiger partial charge in [-0.05, 0) is 19.9 Å². The molecule has 1 aromatic rings. The van der Waals surface area contributed by atoms with Crippen LogP contribution in [-0.4, -0.2) is 15.6 Å². The van der Waals surface area contributed by atoms with Gasteiger partial charge in [-0.2, -0.15) is 5.10 Å². The van der Waals surface area contributed by atoms with E-state index in [0.29, 0.717) is 6.42 Å². The molecule has 0 amide bonds. The molecular weight excluding hydrogens is 152 g/mol. The topological polar surface area (TPSA) is 34.9 Å². The molecule has 66 valence electrons. The first kappa shape index (κ1) is 8.97. The Balaban J connectivity index is 2.77. The van der Waals surface area contributed by atoms with Crippen molar-refractivity contribution in [2.45, 2.75) is 33.2 Å². The lowest BCUT2D eigenvalue weighted by Gasteiger charge is -2.08. The van der Waals surface area contributed by atoms with Gasteiger partial charge in [0.1, 0.15) is 6.04 Å². The Labute approximate surface area is 72.4 Å². The highest BCUT2D eigenvalue weighted by atomic mass is 16.1. The van der Waals surface area contributed by atoms with Crippen LogP contribution in [0.15, 0.2) is 12.3 Å². The number of hydrogen-bond acceptors (Lipinski definition) is 2. The number of carbonyl (C=O) groups excluding carboxylic acids is 1. The van der Waals surface area contributed by atoms with Crippen LogP contribution < -0.4 is 0 Å². The second kappa shape index (κ2) is 3.52. The van der Waals surface area contributed by atoms with Crippen molar-refractivity contribution in [3.8, 4) is 0 Å². The zero-order chi connectivity index (χ0) is 9.14. The molecule has 0 aliphatic heterocycles. The van der Waals surface area contributed by atoms with Crippen molar-refractivity contribution in [1.29, 1.82) is 0 Å². The van der Waals surface area contributed by atoms with E-state index in [1.54, 1.807) is 4.68 Å². The predicted molar refractivity (Wildman–Crippen MR) is 47.0 cm³/mol. The minimum absolute atomic E-state index is 0.122. The Morgan fingerprint density at radius 2 is 2.42 bits per heavy atom. The van der Waals surface area contributed by atoms with Crippen LogP contribution in [0.25, 0.3) is 0 Å². The fraction of sp³-hybridized carbons (Fsp3) is 0.556. The summed E-state index contributed by atoms with van der Waals surface area (Å²) in [6, 6.07) is 1.78. The van der Waals surface area contributed by atoms with Crippen molar-refractivity contribution in [3.63, 3.8) is 0 Å². The Kier molecular flexibility index (Phi) is 2.63. The van der Waals surface area contributed by atoms with E-state index < -0.39 is 0 Å². The SMILES string of the molecule is CCC(=O)C(C)n1ccc(C)n1. The van der Waals surface area contributed by atoms with Gasteiger partial charge in [-0.3, -0.25) is 9.48 Å². The van der Waals surface area contributed by atoms with Gasteiger partial charge in [0.25, 0.3) is 0 Å². The van der Waals surface area contributed by atoms with Gasteiger partial charge < -0.3 is 0 Å². The predicted octanol–water partition coefficient (Wildman–Crippen LogP) is 1.73. The average molecular weight is 166 g/mol. The molecule has 1 heterocycles. The first-order valence-corrected chi connectivity index (χ1v) is 4.19. The van der Waals surface area contributed by atoms with Gasteiger partial charge in [-0.25, -0.2) is 0 Å². The molecule has 0 saturated carbocycles. The van der Waals surface area contributed by atoms with Crippen LogP contribution in [0, 0.1) is 6.92 Å². The van der Waals surface area contributed by atoms with Gasteiger partial charge in [-0.1, -0.05) is 6.92 Å². The van der Waals surface area contributed by atoms with Crippen molar-refractivity contribution in [2.75, 3.05) is 0 Å². The van der Waals surface area contributed by atoms with Gasteiger partial charge in [0.15, 0.2) is 5.78 Å². The quantitative estimate of drug-likeness (QED) is 0.685. The summed E-state index contributed by atoms with van der Waals surface area (Å²) >= 11 is 0. The highest BCUT2D eigenvalue weighted by Crippen LogP contribution is 2.07. The van der Waals surface area contributed by atoms with Crippen molar-refractivity contribution < 1.29 is 4.79 Å². The van der Waals surface area contributed by atoms with Crippen LogP contribution in [0.5, 0.6) is 0 Å². The van der Waals surface area contributed by atoms with E-state index in [1.807, 2.05) is 33.0 Å². The molecule has 0 aromatic carbocycles. The van der Waals surface area contributed by atoms with Crippen molar-refractivity contribution in [2.24, 2.45) is 0 Å². The first-order valence-electron chi connectivity index (χ1n) is 4.19. The third-order valence-electron chi connectivity index (χ3n) is 1.95. The van der Waals surface area contributed by atoms with Gasteiger partial charge in [0, 0.05) is 12.6 Å². The molecule has 0 bridgehead atoms. The molecule has 1 rings (SSSR count). The molecule has 0 N–H and O–H groups in total. The second-order valence-corrected chi connectivity index (χ2v) is 2.93.